The molecule has 0 N–H and O–H groups in total. The van der Waals surface area contributed by atoms with Crippen molar-refractivity contribution in [2.24, 2.45) is 5.92 Å². The average Bonchev–Trinajstić information content (AvgIpc) is 3.08. The number of carbonyl (C=O) groups excluding carboxylic acids is 1. The normalized spacial score (nSPS) is 15.6. The maximum Gasteiger partial charge on any atom is 0.257 e. The molecule has 1 aromatic carbocycles. The zero-order chi connectivity index (χ0) is 17.2. The molecule has 0 radical (unpaired) electrons. The molecule has 0 bridgehead atoms. The van der Waals surface area contributed by atoms with Crippen LogP contribution in [-0.4, -0.2) is 33.5 Å². The monoisotopic (exact) mass is 337 g/mol. The smallest absolute Gasteiger partial charge is 0.257 e. The zero-order valence-corrected chi connectivity index (χ0v) is 13.9. The second-order valence-electron chi connectivity index (χ2n) is 6.65. The molecule has 2 aromatic heterocycles. The minimum Gasteiger partial charge on any atom is -0.339 e. The Hall–Kier alpha value is -2.69. The summed E-state index contributed by atoms with van der Waals surface area (Å²) in [4.78, 5) is 14.7. The highest BCUT2D eigenvalue weighted by molar-refractivity contribution is 6.00. The van der Waals surface area contributed by atoms with Gasteiger partial charge in [-0.2, -0.15) is 5.10 Å². The Morgan fingerprint density at radius 1 is 1.12 bits per heavy atom. The molecule has 3 aromatic rings. The Kier molecular flexibility index (Phi) is 4.22. The summed E-state index contributed by atoms with van der Waals surface area (Å²) in [6.07, 6.45) is 6.40. The van der Waals surface area contributed by atoms with E-state index < -0.39 is 0 Å². The SMILES string of the molecule is O=C(c1cnn2ccccc12)N1CCC(Cc2ccc(F)cc2)CC1. The standard InChI is InChI=1S/C20H20FN3O/c21-17-6-4-15(5-7-17)13-16-8-11-23(12-9-16)20(25)18-14-22-24-10-2-1-3-19(18)24/h1-7,10,14,16H,8-9,11-13H2. The van der Waals surface area contributed by atoms with Crippen molar-refractivity contribution in [2.45, 2.75) is 19.3 Å². The Bertz CT molecular complexity index is 879. The molecule has 1 amide bonds. The third-order valence-electron chi connectivity index (χ3n) is 5.00. The van der Waals surface area contributed by atoms with Crippen LogP contribution in [-0.2, 0) is 6.42 Å². The predicted octanol–water partition coefficient (Wildman–Crippen LogP) is 3.57. The minimum atomic E-state index is -0.197. The van der Waals surface area contributed by atoms with E-state index in [1.165, 1.54) is 12.1 Å². The number of carbonyl (C=O) groups is 1. The first-order chi connectivity index (χ1) is 12.2. The van der Waals surface area contributed by atoms with Crippen LogP contribution >= 0.6 is 0 Å². The molecule has 1 saturated heterocycles. The Balaban J connectivity index is 1.39. The molecule has 4 nitrogen and oxygen atoms in total. The van der Waals surface area contributed by atoms with Gasteiger partial charge in [0.15, 0.2) is 0 Å². The number of hydrogen-bond acceptors (Lipinski definition) is 2. The first-order valence-electron chi connectivity index (χ1n) is 8.67. The summed E-state index contributed by atoms with van der Waals surface area (Å²) in [6, 6.07) is 12.5. The first-order valence-corrected chi connectivity index (χ1v) is 8.67. The van der Waals surface area contributed by atoms with Crippen molar-refractivity contribution < 1.29 is 9.18 Å². The Morgan fingerprint density at radius 3 is 2.64 bits per heavy atom. The van der Waals surface area contributed by atoms with Gasteiger partial charge in [0.1, 0.15) is 5.82 Å². The lowest BCUT2D eigenvalue weighted by Gasteiger charge is -2.32. The fraction of sp³-hybridized carbons (Fsp3) is 0.300. The molecule has 0 unspecified atom stereocenters. The summed E-state index contributed by atoms with van der Waals surface area (Å²) >= 11 is 0. The van der Waals surface area contributed by atoms with Gasteiger partial charge < -0.3 is 4.90 Å². The van der Waals surface area contributed by atoms with E-state index in [-0.39, 0.29) is 11.7 Å². The molecule has 0 spiro atoms. The molecule has 128 valence electrons. The average molecular weight is 337 g/mol. The van der Waals surface area contributed by atoms with Crippen LogP contribution in [0.3, 0.4) is 0 Å². The molecule has 25 heavy (non-hydrogen) atoms. The van der Waals surface area contributed by atoms with Crippen LogP contribution in [0.1, 0.15) is 28.8 Å². The second kappa shape index (κ2) is 6.67. The van der Waals surface area contributed by atoms with E-state index in [0.29, 0.717) is 11.5 Å². The van der Waals surface area contributed by atoms with Crippen molar-refractivity contribution in [3.8, 4) is 0 Å². The van der Waals surface area contributed by atoms with Crippen molar-refractivity contribution in [1.29, 1.82) is 0 Å². The van der Waals surface area contributed by atoms with Gasteiger partial charge in [-0.15, -0.1) is 0 Å². The number of hydrogen-bond donors (Lipinski definition) is 0. The summed E-state index contributed by atoms with van der Waals surface area (Å²) in [7, 11) is 0. The Labute approximate surface area is 145 Å². The highest BCUT2D eigenvalue weighted by Crippen LogP contribution is 2.24. The number of amides is 1. The molecule has 1 fully saturated rings. The molecule has 0 atom stereocenters. The van der Waals surface area contributed by atoms with Gasteiger partial charge in [-0.05, 0) is 55.0 Å². The van der Waals surface area contributed by atoms with Crippen molar-refractivity contribution in [2.75, 3.05) is 13.1 Å². The van der Waals surface area contributed by atoms with Gasteiger partial charge in [-0.1, -0.05) is 18.2 Å². The fourth-order valence-electron chi connectivity index (χ4n) is 3.56. The third-order valence-corrected chi connectivity index (χ3v) is 5.00. The number of fused-ring (bicyclic) bond motifs is 1. The molecule has 1 aliphatic heterocycles. The number of piperidine rings is 1. The number of pyridine rings is 1. The van der Waals surface area contributed by atoms with E-state index in [4.69, 9.17) is 0 Å². The highest BCUT2D eigenvalue weighted by Gasteiger charge is 2.25. The lowest BCUT2D eigenvalue weighted by atomic mass is 9.90. The number of nitrogens with zero attached hydrogens (tertiary/aromatic N) is 3. The van der Waals surface area contributed by atoms with Crippen LogP contribution in [0.5, 0.6) is 0 Å². The molecule has 0 aliphatic carbocycles. The third kappa shape index (κ3) is 3.27. The zero-order valence-electron chi connectivity index (χ0n) is 13.9. The predicted molar refractivity (Wildman–Crippen MR) is 93.9 cm³/mol. The summed E-state index contributed by atoms with van der Waals surface area (Å²) < 4.78 is 14.7. The van der Waals surface area contributed by atoms with Gasteiger partial charge in [0, 0.05) is 19.3 Å². The van der Waals surface area contributed by atoms with Gasteiger partial charge in [0.25, 0.3) is 5.91 Å². The summed E-state index contributed by atoms with van der Waals surface area (Å²) in [5, 5.41) is 4.25. The van der Waals surface area contributed by atoms with E-state index in [1.54, 1.807) is 10.7 Å². The quantitative estimate of drug-likeness (QED) is 0.733. The van der Waals surface area contributed by atoms with Crippen LogP contribution in [0, 0.1) is 11.7 Å². The first kappa shape index (κ1) is 15.8. The molecular weight excluding hydrogens is 317 g/mol. The number of likely N-dealkylation sites (tertiary alicyclic amines) is 1. The number of halogens is 1. The summed E-state index contributed by atoms with van der Waals surface area (Å²) in [5.74, 6) is 0.400. The van der Waals surface area contributed by atoms with E-state index in [9.17, 15) is 9.18 Å². The van der Waals surface area contributed by atoms with Crippen LogP contribution in [0.15, 0.2) is 54.9 Å². The van der Waals surface area contributed by atoms with Gasteiger partial charge in [0.2, 0.25) is 0 Å². The fourth-order valence-corrected chi connectivity index (χ4v) is 3.56. The lowest BCUT2D eigenvalue weighted by molar-refractivity contribution is 0.0692. The molecule has 0 saturated carbocycles. The maximum atomic E-state index is 13.0. The van der Waals surface area contributed by atoms with Gasteiger partial charge >= 0.3 is 0 Å². The molecule has 3 heterocycles. The van der Waals surface area contributed by atoms with E-state index in [1.807, 2.05) is 41.4 Å². The molecular formula is C20H20FN3O. The van der Waals surface area contributed by atoms with E-state index >= 15 is 0 Å². The Morgan fingerprint density at radius 2 is 1.88 bits per heavy atom. The summed E-state index contributed by atoms with van der Waals surface area (Å²) in [6.45, 7) is 1.52. The van der Waals surface area contributed by atoms with Crippen molar-refractivity contribution in [1.82, 2.24) is 14.5 Å². The number of aromatic nitrogens is 2. The van der Waals surface area contributed by atoms with E-state index in [2.05, 4.69) is 5.10 Å². The summed E-state index contributed by atoms with van der Waals surface area (Å²) in [5.41, 5.74) is 2.67. The largest absolute Gasteiger partial charge is 0.339 e. The van der Waals surface area contributed by atoms with E-state index in [0.717, 1.165) is 43.4 Å². The molecule has 5 heteroatoms. The van der Waals surface area contributed by atoms with Crippen LogP contribution in [0.4, 0.5) is 4.39 Å². The molecule has 4 rings (SSSR count). The van der Waals surface area contributed by atoms with Gasteiger partial charge in [-0.3, -0.25) is 4.79 Å². The number of rotatable bonds is 3. The van der Waals surface area contributed by atoms with Crippen LogP contribution in [0.2, 0.25) is 0 Å². The van der Waals surface area contributed by atoms with Gasteiger partial charge in [0.05, 0.1) is 17.3 Å². The minimum absolute atomic E-state index is 0.0569. The maximum absolute atomic E-state index is 13.0. The number of benzene rings is 1. The highest BCUT2D eigenvalue weighted by atomic mass is 19.1. The van der Waals surface area contributed by atoms with Crippen LogP contribution < -0.4 is 0 Å². The molecule has 1 aliphatic rings. The lowest BCUT2D eigenvalue weighted by Crippen LogP contribution is -2.38. The van der Waals surface area contributed by atoms with Crippen molar-refractivity contribution in [3.05, 3.63) is 71.8 Å². The van der Waals surface area contributed by atoms with Gasteiger partial charge in [-0.25, -0.2) is 8.91 Å². The second-order valence-corrected chi connectivity index (χ2v) is 6.65. The van der Waals surface area contributed by atoms with Crippen LogP contribution in [0.25, 0.3) is 5.52 Å². The van der Waals surface area contributed by atoms with Crippen molar-refractivity contribution >= 4 is 11.4 Å². The van der Waals surface area contributed by atoms with Crippen molar-refractivity contribution in [3.63, 3.8) is 0 Å². The topological polar surface area (TPSA) is 37.6 Å².